The number of hydrogen-bond donors (Lipinski definition) is 1. The zero-order valence-corrected chi connectivity index (χ0v) is 11.1. The van der Waals surface area contributed by atoms with Crippen LogP contribution in [-0.4, -0.2) is 17.6 Å². The fourth-order valence-electron chi connectivity index (χ4n) is 2.09. The molecule has 1 unspecified atom stereocenters. The molecule has 0 bridgehead atoms. The Balaban J connectivity index is 3.01. The fourth-order valence-corrected chi connectivity index (χ4v) is 2.09. The summed E-state index contributed by atoms with van der Waals surface area (Å²) in [4.78, 5) is 10.4. The Bertz CT molecular complexity index is 430. The first-order valence-corrected chi connectivity index (χ1v) is 5.99. The number of non-ortho nitro benzene ring substituents is 1. The second-order valence-corrected chi connectivity index (χ2v) is 4.88. The van der Waals surface area contributed by atoms with E-state index in [-0.39, 0.29) is 11.2 Å². The maximum atomic E-state index is 10.8. The highest BCUT2D eigenvalue weighted by molar-refractivity contribution is 5.43. The maximum Gasteiger partial charge on any atom is 0.273 e. The summed E-state index contributed by atoms with van der Waals surface area (Å²) in [5.41, 5.74) is 6.69. The predicted octanol–water partition coefficient (Wildman–Crippen LogP) is 2.66. The third-order valence-corrected chi connectivity index (χ3v) is 2.83. The van der Waals surface area contributed by atoms with Crippen molar-refractivity contribution in [3.8, 4) is 5.75 Å². The lowest BCUT2D eigenvalue weighted by Crippen LogP contribution is -2.38. The number of nitrogens with two attached hydrogens (primary N) is 1. The molecule has 1 rings (SSSR count). The number of nitro groups is 1. The monoisotopic (exact) mass is 252 g/mol. The minimum absolute atomic E-state index is 0.0386. The lowest BCUT2D eigenvalue weighted by molar-refractivity contribution is -0.385. The third kappa shape index (κ3) is 4.00. The van der Waals surface area contributed by atoms with Gasteiger partial charge in [-0.25, -0.2) is 0 Å². The van der Waals surface area contributed by atoms with Gasteiger partial charge in [0.05, 0.1) is 18.1 Å². The van der Waals surface area contributed by atoms with E-state index in [9.17, 15) is 10.1 Å². The minimum Gasteiger partial charge on any atom is -0.496 e. The highest BCUT2D eigenvalue weighted by Crippen LogP contribution is 2.25. The molecular weight excluding hydrogens is 232 g/mol. The highest BCUT2D eigenvalue weighted by Gasteiger charge is 2.20. The Kier molecular flexibility index (Phi) is 4.67. The normalized spacial score (nSPS) is 14.0. The van der Waals surface area contributed by atoms with E-state index in [1.807, 2.05) is 6.92 Å². The van der Waals surface area contributed by atoms with Gasteiger partial charge in [-0.1, -0.05) is 13.3 Å². The first kappa shape index (κ1) is 14.4. The summed E-state index contributed by atoms with van der Waals surface area (Å²) >= 11 is 0. The van der Waals surface area contributed by atoms with Crippen molar-refractivity contribution in [2.45, 2.75) is 38.6 Å². The SMILES string of the molecule is CCCC(C)(N)Cc1cc(OC)cc([N+](=O)[O-])c1. The van der Waals surface area contributed by atoms with Gasteiger partial charge in [0.1, 0.15) is 5.75 Å². The van der Waals surface area contributed by atoms with E-state index in [0.29, 0.717) is 12.2 Å². The van der Waals surface area contributed by atoms with Crippen LogP contribution in [0.15, 0.2) is 18.2 Å². The molecule has 1 aromatic carbocycles. The number of benzene rings is 1. The van der Waals surface area contributed by atoms with Crippen molar-refractivity contribution in [3.63, 3.8) is 0 Å². The molecule has 0 spiro atoms. The Labute approximate surface area is 107 Å². The summed E-state index contributed by atoms with van der Waals surface area (Å²) in [6, 6.07) is 4.77. The fraction of sp³-hybridized carbons (Fsp3) is 0.538. The van der Waals surface area contributed by atoms with E-state index in [1.165, 1.54) is 13.2 Å². The molecule has 0 aliphatic carbocycles. The minimum atomic E-state index is -0.417. The van der Waals surface area contributed by atoms with Gasteiger partial charge in [0, 0.05) is 11.6 Å². The van der Waals surface area contributed by atoms with Gasteiger partial charge < -0.3 is 10.5 Å². The van der Waals surface area contributed by atoms with Crippen LogP contribution in [0.2, 0.25) is 0 Å². The molecule has 0 saturated carbocycles. The van der Waals surface area contributed by atoms with Crippen LogP contribution < -0.4 is 10.5 Å². The lowest BCUT2D eigenvalue weighted by Gasteiger charge is -2.24. The zero-order chi connectivity index (χ0) is 13.8. The molecule has 0 aromatic heterocycles. The van der Waals surface area contributed by atoms with Crippen LogP contribution in [0.25, 0.3) is 0 Å². The summed E-state index contributed by atoms with van der Waals surface area (Å²) in [6.45, 7) is 4.03. The van der Waals surface area contributed by atoms with Crippen molar-refractivity contribution in [3.05, 3.63) is 33.9 Å². The van der Waals surface area contributed by atoms with Crippen molar-refractivity contribution in [1.82, 2.24) is 0 Å². The number of hydrogen-bond acceptors (Lipinski definition) is 4. The van der Waals surface area contributed by atoms with E-state index in [0.717, 1.165) is 18.4 Å². The van der Waals surface area contributed by atoms with Gasteiger partial charge in [-0.05, 0) is 31.4 Å². The van der Waals surface area contributed by atoms with Crippen molar-refractivity contribution in [1.29, 1.82) is 0 Å². The number of methoxy groups -OCH3 is 1. The molecule has 18 heavy (non-hydrogen) atoms. The molecule has 0 heterocycles. The van der Waals surface area contributed by atoms with Gasteiger partial charge in [0.15, 0.2) is 0 Å². The Hall–Kier alpha value is -1.62. The van der Waals surface area contributed by atoms with Gasteiger partial charge in [0.2, 0.25) is 0 Å². The quantitative estimate of drug-likeness (QED) is 0.623. The van der Waals surface area contributed by atoms with Gasteiger partial charge in [-0.15, -0.1) is 0 Å². The molecule has 5 heteroatoms. The molecule has 5 nitrogen and oxygen atoms in total. The van der Waals surface area contributed by atoms with Crippen molar-refractivity contribution in [2.75, 3.05) is 7.11 Å². The van der Waals surface area contributed by atoms with Gasteiger partial charge in [-0.3, -0.25) is 10.1 Å². The second kappa shape index (κ2) is 5.82. The number of ether oxygens (including phenoxy) is 1. The van der Waals surface area contributed by atoms with Crippen LogP contribution in [0.1, 0.15) is 32.3 Å². The summed E-state index contributed by atoms with van der Waals surface area (Å²) in [6.07, 6.45) is 2.45. The molecule has 2 N–H and O–H groups in total. The molecular formula is C13H20N2O3. The van der Waals surface area contributed by atoms with E-state index in [4.69, 9.17) is 10.5 Å². The largest absolute Gasteiger partial charge is 0.496 e. The first-order chi connectivity index (χ1) is 8.38. The third-order valence-electron chi connectivity index (χ3n) is 2.83. The molecule has 0 radical (unpaired) electrons. The molecule has 0 aliphatic rings. The Morgan fingerprint density at radius 2 is 2.11 bits per heavy atom. The number of nitrogens with zero attached hydrogens (tertiary/aromatic N) is 1. The number of nitro benzene ring substituents is 1. The molecule has 100 valence electrons. The van der Waals surface area contributed by atoms with E-state index in [1.54, 1.807) is 12.1 Å². The van der Waals surface area contributed by atoms with Crippen LogP contribution >= 0.6 is 0 Å². The Morgan fingerprint density at radius 1 is 1.44 bits per heavy atom. The van der Waals surface area contributed by atoms with Crippen molar-refractivity contribution < 1.29 is 9.66 Å². The second-order valence-electron chi connectivity index (χ2n) is 4.88. The average molecular weight is 252 g/mol. The van der Waals surface area contributed by atoms with Gasteiger partial charge in [-0.2, -0.15) is 0 Å². The number of rotatable bonds is 6. The molecule has 1 atom stereocenters. The molecule has 0 saturated heterocycles. The Morgan fingerprint density at radius 3 is 2.61 bits per heavy atom. The summed E-state index contributed by atoms with van der Waals surface area (Å²) < 4.78 is 5.07. The summed E-state index contributed by atoms with van der Waals surface area (Å²) in [5, 5.41) is 10.8. The van der Waals surface area contributed by atoms with E-state index >= 15 is 0 Å². The van der Waals surface area contributed by atoms with Crippen LogP contribution in [0.4, 0.5) is 5.69 Å². The molecule has 0 fully saturated rings. The van der Waals surface area contributed by atoms with Crippen LogP contribution in [0.5, 0.6) is 5.75 Å². The van der Waals surface area contributed by atoms with Crippen LogP contribution in [0, 0.1) is 10.1 Å². The smallest absolute Gasteiger partial charge is 0.273 e. The van der Waals surface area contributed by atoms with Crippen LogP contribution in [-0.2, 0) is 6.42 Å². The average Bonchev–Trinajstić information content (AvgIpc) is 2.27. The molecule has 0 amide bonds. The van der Waals surface area contributed by atoms with Gasteiger partial charge in [0.25, 0.3) is 5.69 Å². The standard InChI is InChI=1S/C13H20N2O3/c1-4-5-13(2,14)9-10-6-11(15(16)17)8-12(7-10)18-3/h6-8H,4-5,9,14H2,1-3H3. The highest BCUT2D eigenvalue weighted by atomic mass is 16.6. The molecule has 0 aliphatic heterocycles. The lowest BCUT2D eigenvalue weighted by atomic mass is 9.89. The van der Waals surface area contributed by atoms with E-state index in [2.05, 4.69) is 6.92 Å². The van der Waals surface area contributed by atoms with Gasteiger partial charge >= 0.3 is 0 Å². The topological polar surface area (TPSA) is 78.4 Å². The van der Waals surface area contributed by atoms with Crippen molar-refractivity contribution in [2.24, 2.45) is 5.73 Å². The predicted molar refractivity (Wildman–Crippen MR) is 70.9 cm³/mol. The first-order valence-electron chi connectivity index (χ1n) is 5.99. The summed E-state index contributed by atoms with van der Waals surface area (Å²) in [7, 11) is 1.50. The van der Waals surface area contributed by atoms with E-state index < -0.39 is 4.92 Å². The molecule has 1 aromatic rings. The zero-order valence-electron chi connectivity index (χ0n) is 11.1. The van der Waals surface area contributed by atoms with Crippen LogP contribution in [0.3, 0.4) is 0 Å². The van der Waals surface area contributed by atoms with Crippen molar-refractivity contribution >= 4 is 5.69 Å². The summed E-state index contributed by atoms with van der Waals surface area (Å²) in [5.74, 6) is 0.492. The maximum absolute atomic E-state index is 10.8.